The van der Waals surface area contributed by atoms with Crippen molar-refractivity contribution in [2.24, 2.45) is 5.92 Å². The number of carbonyl (C=O) groups excluding carboxylic acids is 3. The van der Waals surface area contributed by atoms with Crippen LogP contribution in [0.15, 0.2) is 42.7 Å². The zero-order valence-corrected chi connectivity index (χ0v) is 26.5. The summed E-state index contributed by atoms with van der Waals surface area (Å²) in [4.78, 5) is 47.6. The van der Waals surface area contributed by atoms with Crippen molar-refractivity contribution in [3.63, 3.8) is 0 Å². The Morgan fingerprint density at radius 1 is 1.02 bits per heavy atom. The molecule has 2 aromatic carbocycles. The largest absolute Gasteiger partial charge is 0.345 e. The van der Waals surface area contributed by atoms with Crippen LogP contribution in [0.3, 0.4) is 0 Å². The highest BCUT2D eigenvalue weighted by Crippen LogP contribution is 2.48. The molecule has 2 fully saturated rings. The maximum atomic E-state index is 13.3. The van der Waals surface area contributed by atoms with Gasteiger partial charge < -0.3 is 25.0 Å². The van der Waals surface area contributed by atoms with E-state index in [1.54, 1.807) is 49.2 Å². The number of likely N-dealkylation sites (tertiary alicyclic amines) is 1. The monoisotopic (exact) mass is 608 g/mol. The van der Waals surface area contributed by atoms with E-state index in [1.165, 1.54) is 0 Å². The first-order chi connectivity index (χ1) is 21.5. The molecule has 2 N–H and O–H groups in total. The number of piperidine rings is 1. The van der Waals surface area contributed by atoms with E-state index in [4.69, 9.17) is 0 Å². The van der Waals surface area contributed by atoms with E-state index in [2.05, 4.69) is 33.5 Å². The van der Waals surface area contributed by atoms with Gasteiger partial charge in [-0.25, -0.2) is 0 Å². The summed E-state index contributed by atoms with van der Waals surface area (Å²) in [6, 6.07) is 13.7. The Bertz CT molecular complexity index is 1600. The fourth-order valence-electron chi connectivity index (χ4n) is 7.43. The topological polar surface area (TPSA) is 138 Å². The van der Waals surface area contributed by atoms with Crippen LogP contribution in [0.1, 0.15) is 75.0 Å². The van der Waals surface area contributed by atoms with Crippen molar-refractivity contribution >= 4 is 17.7 Å². The summed E-state index contributed by atoms with van der Waals surface area (Å²) in [5.41, 5.74) is 4.44. The van der Waals surface area contributed by atoms with Gasteiger partial charge in [0.2, 0.25) is 5.91 Å². The van der Waals surface area contributed by atoms with Crippen molar-refractivity contribution in [3.8, 4) is 6.07 Å². The smallest absolute Gasteiger partial charge is 0.253 e. The first kappa shape index (κ1) is 30.5. The minimum atomic E-state index is -0.822. The Morgan fingerprint density at radius 2 is 1.62 bits per heavy atom. The summed E-state index contributed by atoms with van der Waals surface area (Å²) in [6.45, 7) is 2.18. The zero-order chi connectivity index (χ0) is 32.0. The van der Waals surface area contributed by atoms with E-state index in [0.29, 0.717) is 42.1 Å². The van der Waals surface area contributed by atoms with Crippen LogP contribution in [0.5, 0.6) is 0 Å². The summed E-state index contributed by atoms with van der Waals surface area (Å²) in [5, 5.41) is 21.8. The molecule has 3 aromatic rings. The Labute approximate surface area is 263 Å². The number of aryl methyl sites for hydroxylation is 2. The number of aromatic amines is 1. The molecule has 0 spiro atoms. The van der Waals surface area contributed by atoms with Gasteiger partial charge in [-0.2, -0.15) is 5.26 Å². The van der Waals surface area contributed by atoms with Crippen molar-refractivity contribution in [1.82, 2.24) is 35.2 Å². The van der Waals surface area contributed by atoms with Gasteiger partial charge in [-0.3, -0.25) is 14.4 Å². The third kappa shape index (κ3) is 5.37. The van der Waals surface area contributed by atoms with Gasteiger partial charge in [0.25, 0.3) is 11.8 Å². The van der Waals surface area contributed by atoms with Crippen LogP contribution in [0.25, 0.3) is 0 Å². The number of fused-ring (bicyclic) bond motifs is 3. The third-order valence-corrected chi connectivity index (χ3v) is 9.68. The highest BCUT2D eigenvalue weighted by molar-refractivity contribution is 5.95. The molecule has 234 valence electrons. The number of H-pyrrole nitrogens is 1. The lowest BCUT2D eigenvalue weighted by Gasteiger charge is -2.37. The number of nitrogens with zero attached hydrogens (tertiary/aromatic N) is 6. The van der Waals surface area contributed by atoms with Crippen LogP contribution in [0.4, 0.5) is 0 Å². The van der Waals surface area contributed by atoms with Crippen molar-refractivity contribution in [2.75, 3.05) is 34.7 Å². The summed E-state index contributed by atoms with van der Waals surface area (Å²) < 4.78 is 0. The van der Waals surface area contributed by atoms with Gasteiger partial charge in [-0.15, -0.1) is 10.2 Å². The van der Waals surface area contributed by atoms with E-state index in [1.807, 2.05) is 36.4 Å². The first-order valence-electron chi connectivity index (χ1n) is 15.6. The van der Waals surface area contributed by atoms with Crippen LogP contribution in [-0.4, -0.2) is 100 Å². The second-order valence-corrected chi connectivity index (χ2v) is 13.1. The number of carbonyl (C=O) groups is 3. The van der Waals surface area contributed by atoms with E-state index < -0.39 is 5.41 Å². The van der Waals surface area contributed by atoms with Crippen LogP contribution in [0, 0.1) is 17.2 Å². The Kier molecular flexibility index (Phi) is 7.95. The van der Waals surface area contributed by atoms with Gasteiger partial charge >= 0.3 is 0 Å². The van der Waals surface area contributed by atoms with Crippen molar-refractivity contribution < 1.29 is 14.4 Å². The molecule has 11 heteroatoms. The minimum absolute atomic E-state index is 0.0486. The molecule has 2 heterocycles. The number of rotatable bonds is 8. The standard InChI is InChI=1S/C34H40N8O3/c1-20(36-18-30(43)42-26(17-35)14-25-15-29(25)42)16-34(33-37-19-38-39-33)27-10-8-23(31(44)40(2)3)12-21(27)6-7-22-13-24(9-11-28(22)34)32(45)41(4)5/h8-13,19-20,25-26,29,36H,6-7,14-16,18H2,1-5H3,(H,37,38,39)/t20-,25-,26+,29+/m1/s1. The number of nitrogens with one attached hydrogen (secondary N) is 2. The predicted molar refractivity (Wildman–Crippen MR) is 167 cm³/mol. The van der Waals surface area contributed by atoms with E-state index in [-0.39, 0.29) is 42.4 Å². The number of benzene rings is 2. The number of nitriles is 1. The average Bonchev–Trinajstić information content (AvgIpc) is 3.42. The average molecular weight is 609 g/mol. The summed E-state index contributed by atoms with van der Waals surface area (Å²) in [5.74, 6) is 0.904. The fraction of sp³-hybridized carbons (Fsp3) is 0.471. The van der Waals surface area contributed by atoms with Gasteiger partial charge in [0.05, 0.1) is 18.0 Å². The zero-order valence-electron chi connectivity index (χ0n) is 26.5. The van der Waals surface area contributed by atoms with Gasteiger partial charge in [0.15, 0.2) is 0 Å². The molecule has 3 amide bonds. The number of hydrogen-bond acceptors (Lipinski definition) is 7. The molecule has 11 nitrogen and oxygen atoms in total. The minimum Gasteiger partial charge on any atom is -0.345 e. The molecule has 1 aliphatic heterocycles. The Hall–Kier alpha value is -4.56. The lowest BCUT2D eigenvalue weighted by atomic mass is 9.67. The second kappa shape index (κ2) is 11.7. The Balaban J connectivity index is 1.42. The highest BCUT2D eigenvalue weighted by atomic mass is 16.2. The molecule has 0 bridgehead atoms. The van der Waals surface area contributed by atoms with Crippen LogP contribution < -0.4 is 5.32 Å². The van der Waals surface area contributed by atoms with E-state index in [9.17, 15) is 19.6 Å². The lowest BCUT2D eigenvalue weighted by molar-refractivity contribution is -0.131. The molecule has 6 rings (SSSR count). The van der Waals surface area contributed by atoms with Crippen LogP contribution >= 0.6 is 0 Å². The molecule has 1 saturated carbocycles. The molecule has 2 aliphatic carbocycles. The van der Waals surface area contributed by atoms with Crippen molar-refractivity contribution in [3.05, 3.63) is 81.9 Å². The number of aromatic nitrogens is 3. The lowest BCUT2D eigenvalue weighted by Crippen LogP contribution is -2.46. The van der Waals surface area contributed by atoms with Crippen molar-refractivity contribution in [1.29, 1.82) is 5.26 Å². The molecule has 0 unspecified atom stereocenters. The van der Waals surface area contributed by atoms with E-state index >= 15 is 0 Å². The van der Waals surface area contributed by atoms with Crippen LogP contribution in [0.2, 0.25) is 0 Å². The van der Waals surface area contributed by atoms with Gasteiger partial charge in [-0.05, 0) is 91.5 Å². The van der Waals surface area contributed by atoms with Crippen molar-refractivity contribution in [2.45, 2.75) is 62.6 Å². The number of amides is 3. The SMILES string of the molecule is C[C@H](CC1(c2nnc[nH]2)c2ccc(C(=O)N(C)C)cc2CCc2cc(C(=O)N(C)C)ccc21)NCC(=O)N1[C@H](C#N)C[C@@H]2C[C@@H]21. The maximum Gasteiger partial charge on any atom is 0.253 e. The summed E-state index contributed by atoms with van der Waals surface area (Å²) in [6.07, 6.45) is 5.17. The molecule has 45 heavy (non-hydrogen) atoms. The molecule has 1 saturated heterocycles. The summed E-state index contributed by atoms with van der Waals surface area (Å²) >= 11 is 0. The third-order valence-electron chi connectivity index (χ3n) is 9.68. The summed E-state index contributed by atoms with van der Waals surface area (Å²) in [7, 11) is 6.96. The highest BCUT2D eigenvalue weighted by Gasteiger charge is 2.54. The normalized spacial score (nSPS) is 21.4. The van der Waals surface area contributed by atoms with E-state index in [0.717, 1.165) is 35.1 Å². The maximum absolute atomic E-state index is 13.3. The van der Waals surface area contributed by atoms with Gasteiger partial charge in [0.1, 0.15) is 18.2 Å². The predicted octanol–water partition coefficient (Wildman–Crippen LogP) is 2.52. The molecule has 3 aliphatic rings. The quantitative estimate of drug-likeness (QED) is 0.401. The van der Waals surface area contributed by atoms with Gasteiger partial charge in [0, 0.05) is 51.4 Å². The molecule has 4 atom stereocenters. The van der Waals surface area contributed by atoms with Crippen LogP contribution in [-0.2, 0) is 23.1 Å². The number of hydrogen-bond donors (Lipinski definition) is 2. The molecular formula is C34H40N8O3. The second-order valence-electron chi connectivity index (χ2n) is 13.1. The molecular weight excluding hydrogens is 568 g/mol. The van der Waals surface area contributed by atoms with Gasteiger partial charge in [-0.1, -0.05) is 12.1 Å². The Morgan fingerprint density at radius 3 is 2.13 bits per heavy atom. The molecule has 0 radical (unpaired) electrons. The first-order valence-corrected chi connectivity index (χ1v) is 15.6. The fourth-order valence-corrected chi connectivity index (χ4v) is 7.43. The molecule has 1 aromatic heterocycles.